The number of aliphatic hydroxyl groups is 1. The number of rotatable bonds is 6. The number of hydrogen-bond donors (Lipinski definition) is 3. The maximum absolute atomic E-state index is 12.8. The molecule has 2 aromatic rings. The lowest BCUT2D eigenvalue weighted by molar-refractivity contribution is -0.134. The Bertz CT molecular complexity index is 1110. The van der Waals surface area contributed by atoms with E-state index in [2.05, 4.69) is 24.5 Å². The van der Waals surface area contributed by atoms with Gasteiger partial charge in [-0.25, -0.2) is 4.98 Å². The van der Waals surface area contributed by atoms with E-state index in [0.29, 0.717) is 22.5 Å². The summed E-state index contributed by atoms with van der Waals surface area (Å²) < 4.78 is 5.17. The van der Waals surface area contributed by atoms with E-state index >= 15 is 0 Å². The highest BCUT2D eigenvalue weighted by Gasteiger charge is 2.54. The predicted molar refractivity (Wildman–Crippen MR) is 136 cm³/mol. The van der Waals surface area contributed by atoms with Gasteiger partial charge in [0.1, 0.15) is 5.75 Å². The zero-order chi connectivity index (χ0) is 24.9. The van der Waals surface area contributed by atoms with E-state index in [4.69, 9.17) is 9.72 Å². The molecule has 5 rings (SSSR count). The number of methoxy groups -OCH3 is 1. The maximum Gasteiger partial charge on any atom is 0.257 e. The number of aliphatic hydroxyl groups excluding tert-OH is 1. The third kappa shape index (κ3) is 4.58. The number of thiazole rings is 1. The molecule has 35 heavy (non-hydrogen) atoms. The van der Waals surface area contributed by atoms with Crippen molar-refractivity contribution in [1.29, 1.82) is 0 Å². The minimum atomic E-state index is -0.559. The van der Waals surface area contributed by atoms with Crippen molar-refractivity contribution >= 4 is 28.3 Å². The van der Waals surface area contributed by atoms with E-state index < -0.39 is 6.10 Å². The van der Waals surface area contributed by atoms with Gasteiger partial charge in [-0.15, -0.1) is 11.3 Å². The third-order valence-corrected chi connectivity index (χ3v) is 9.46. The summed E-state index contributed by atoms with van der Waals surface area (Å²) in [4.78, 5) is 31.5. The van der Waals surface area contributed by atoms with Crippen molar-refractivity contribution < 1.29 is 19.4 Å². The molecule has 0 spiro atoms. The van der Waals surface area contributed by atoms with Crippen molar-refractivity contribution in [3.05, 3.63) is 40.4 Å². The van der Waals surface area contributed by atoms with Gasteiger partial charge in [0.05, 0.1) is 18.9 Å². The second kappa shape index (κ2) is 9.21. The van der Waals surface area contributed by atoms with Gasteiger partial charge >= 0.3 is 0 Å². The molecule has 188 valence electrons. The van der Waals surface area contributed by atoms with Gasteiger partial charge in [-0.2, -0.15) is 0 Å². The van der Waals surface area contributed by atoms with Crippen molar-refractivity contribution in [3.8, 4) is 5.75 Å². The number of fused-ring (bicyclic) bond motifs is 2. The normalized spacial score (nSPS) is 30.5. The number of benzene rings is 1. The Morgan fingerprint density at radius 1 is 1.23 bits per heavy atom. The number of hydrogen-bond acceptors (Lipinski definition) is 6. The first-order valence-electron chi connectivity index (χ1n) is 12.6. The Labute approximate surface area is 210 Å². The van der Waals surface area contributed by atoms with E-state index in [9.17, 15) is 14.7 Å². The molecule has 8 heteroatoms. The average Bonchev–Trinajstić information content (AvgIpc) is 3.56. The smallest absolute Gasteiger partial charge is 0.257 e. The van der Waals surface area contributed by atoms with E-state index in [-0.39, 0.29) is 40.9 Å². The molecular formula is C27H35N3O4S. The number of carbonyl (C=O) groups is 2. The summed E-state index contributed by atoms with van der Waals surface area (Å²) in [6.45, 7) is 6.36. The molecule has 2 saturated carbocycles. The standard InChI is InChI=1S/C27H35N3O4S/c1-14(24(32)28-17-7-8-17)19-11-12-27(3)13-20-22(15(2)21(27)23(19)31)29-26(35-20)30-25(33)16-5-9-18(34-4)10-6-16/h5-6,9-10,14-15,17,19,21,23,31H,7-8,11-13H2,1-4H3,(H,28,32)(H,29,30,33)/t14-,15-,19-,21+,23-,27-/m0/s1. The summed E-state index contributed by atoms with van der Waals surface area (Å²) >= 11 is 1.54. The van der Waals surface area contributed by atoms with Crippen LogP contribution in [0.5, 0.6) is 5.75 Å². The van der Waals surface area contributed by atoms with Crippen molar-refractivity contribution in [2.75, 3.05) is 12.4 Å². The lowest BCUT2D eigenvalue weighted by Crippen LogP contribution is -2.53. The summed E-state index contributed by atoms with van der Waals surface area (Å²) in [6.07, 6.45) is 4.21. The Morgan fingerprint density at radius 2 is 1.94 bits per heavy atom. The van der Waals surface area contributed by atoms with Crippen LogP contribution in [0.3, 0.4) is 0 Å². The first-order chi connectivity index (χ1) is 16.7. The number of anilines is 1. The molecule has 0 unspecified atom stereocenters. The Kier molecular flexibility index (Phi) is 6.38. The molecule has 1 aromatic heterocycles. The van der Waals surface area contributed by atoms with Crippen LogP contribution in [0.4, 0.5) is 5.13 Å². The lowest BCUT2D eigenvalue weighted by atomic mass is 9.53. The second-order valence-electron chi connectivity index (χ2n) is 10.9. The molecule has 2 amide bonds. The van der Waals surface area contributed by atoms with E-state index in [1.165, 1.54) is 16.2 Å². The fourth-order valence-electron chi connectivity index (χ4n) is 6.27. The van der Waals surface area contributed by atoms with Crippen molar-refractivity contribution in [3.63, 3.8) is 0 Å². The number of nitrogens with one attached hydrogen (secondary N) is 2. The highest BCUT2D eigenvalue weighted by Crippen LogP contribution is 2.57. The molecule has 3 aliphatic carbocycles. The number of aromatic nitrogens is 1. The molecule has 0 bridgehead atoms. The zero-order valence-corrected chi connectivity index (χ0v) is 21.7. The summed E-state index contributed by atoms with van der Waals surface area (Å²) in [7, 11) is 1.59. The van der Waals surface area contributed by atoms with Gasteiger partial charge in [-0.05, 0) is 73.6 Å². The Balaban J connectivity index is 1.33. The molecule has 3 N–H and O–H groups in total. The fraction of sp³-hybridized carbons (Fsp3) is 0.593. The van der Waals surface area contributed by atoms with E-state index in [1.54, 1.807) is 31.4 Å². The predicted octanol–water partition coefficient (Wildman–Crippen LogP) is 4.37. The van der Waals surface area contributed by atoms with Gasteiger partial charge in [0.25, 0.3) is 5.91 Å². The highest BCUT2D eigenvalue weighted by molar-refractivity contribution is 7.15. The monoisotopic (exact) mass is 497 g/mol. The van der Waals surface area contributed by atoms with Crippen LogP contribution in [0.1, 0.15) is 73.3 Å². The summed E-state index contributed by atoms with van der Waals surface area (Å²) in [6, 6.07) is 7.32. The molecular weight excluding hydrogens is 462 g/mol. The topological polar surface area (TPSA) is 101 Å². The third-order valence-electron chi connectivity index (χ3n) is 8.47. The van der Waals surface area contributed by atoms with Crippen LogP contribution in [0, 0.1) is 23.2 Å². The van der Waals surface area contributed by atoms with E-state index in [1.807, 2.05) is 6.92 Å². The minimum absolute atomic E-state index is 0.0252. The molecule has 0 aliphatic heterocycles. The van der Waals surface area contributed by atoms with Crippen LogP contribution < -0.4 is 15.4 Å². The van der Waals surface area contributed by atoms with Crippen LogP contribution in [0.2, 0.25) is 0 Å². The van der Waals surface area contributed by atoms with Crippen LogP contribution >= 0.6 is 11.3 Å². The molecule has 0 saturated heterocycles. The molecule has 0 radical (unpaired) electrons. The highest BCUT2D eigenvalue weighted by atomic mass is 32.1. The van der Waals surface area contributed by atoms with Crippen molar-refractivity contribution in [2.45, 2.75) is 70.9 Å². The SMILES string of the molecule is COc1ccc(C(=O)Nc2nc3c(s2)C[C@]2(C)CC[C@@H]([C@H](C)C(=O)NC4CC4)[C@H](O)[C@H]2[C@@H]3C)cc1. The first kappa shape index (κ1) is 24.3. The average molecular weight is 498 g/mol. The molecule has 1 aromatic carbocycles. The number of nitrogens with zero attached hydrogens (tertiary/aromatic N) is 1. The molecule has 1 heterocycles. The molecule has 2 fully saturated rings. The number of carbonyl (C=O) groups excluding carboxylic acids is 2. The Hall–Kier alpha value is -2.45. The largest absolute Gasteiger partial charge is 0.497 e. The summed E-state index contributed by atoms with van der Waals surface area (Å²) in [5, 5.41) is 18.2. The number of amides is 2. The van der Waals surface area contributed by atoms with Crippen LogP contribution in [-0.2, 0) is 11.2 Å². The molecule has 7 nitrogen and oxygen atoms in total. The van der Waals surface area contributed by atoms with Gasteiger partial charge in [0, 0.05) is 28.3 Å². The van der Waals surface area contributed by atoms with Crippen LogP contribution in [-0.4, -0.2) is 41.2 Å². The molecule has 3 aliphatic rings. The fourth-order valence-corrected chi connectivity index (χ4v) is 7.53. The first-order valence-corrected chi connectivity index (χ1v) is 13.5. The van der Waals surface area contributed by atoms with E-state index in [0.717, 1.165) is 37.8 Å². The quantitative estimate of drug-likeness (QED) is 0.550. The van der Waals surface area contributed by atoms with Crippen LogP contribution in [0.25, 0.3) is 0 Å². The maximum atomic E-state index is 12.8. The van der Waals surface area contributed by atoms with Gasteiger partial charge < -0.3 is 15.2 Å². The van der Waals surface area contributed by atoms with Gasteiger partial charge in [-0.1, -0.05) is 20.8 Å². The zero-order valence-electron chi connectivity index (χ0n) is 20.8. The van der Waals surface area contributed by atoms with Crippen molar-refractivity contribution in [2.24, 2.45) is 23.2 Å². The number of ether oxygens (including phenoxy) is 1. The molecule has 6 atom stereocenters. The van der Waals surface area contributed by atoms with Gasteiger partial charge in [-0.3, -0.25) is 14.9 Å². The van der Waals surface area contributed by atoms with Crippen molar-refractivity contribution in [1.82, 2.24) is 10.3 Å². The Morgan fingerprint density at radius 3 is 2.60 bits per heavy atom. The minimum Gasteiger partial charge on any atom is -0.497 e. The summed E-state index contributed by atoms with van der Waals surface area (Å²) in [5.74, 6) is 0.377. The second-order valence-corrected chi connectivity index (χ2v) is 12.0. The van der Waals surface area contributed by atoms with Gasteiger partial charge in [0.2, 0.25) is 5.91 Å². The lowest BCUT2D eigenvalue weighted by Gasteiger charge is -2.53. The van der Waals surface area contributed by atoms with Gasteiger partial charge in [0.15, 0.2) is 5.13 Å². The van der Waals surface area contributed by atoms with Crippen LogP contribution in [0.15, 0.2) is 24.3 Å². The summed E-state index contributed by atoms with van der Waals surface area (Å²) in [5.41, 5.74) is 1.46.